The third kappa shape index (κ3) is 1.54. The number of fused-ring (bicyclic) bond motifs is 4. The largest absolute Gasteiger partial charge is 0.0552 e. The Morgan fingerprint density at radius 3 is 0.600 bits per heavy atom. The van der Waals surface area contributed by atoms with Gasteiger partial charge in [0, 0.05) is 0 Å². The second-order valence-corrected chi connectivity index (χ2v) is 6.78. The summed E-state index contributed by atoms with van der Waals surface area (Å²) in [4.78, 5) is 0. The molecule has 2 aromatic carbocycles. The maximum Gasteiger partial charge on any atom is -0.0235 e. The van der Waals surface area contributed by atoms with Gasteiger partial charge in [-0.05, 0) is 95.9 Å². The van der Waals surface area contributed by atoms with E-state index >= 15 is 0 Å². The van der Waals surface area contributed by atoms with Gasteiger partial charge in [-0.1, -0.05) is 24.3 Å². The summed E-state index contributed by atoms with van der Waals surface area (Å²) in [7, 11) is 0. The lowest BCUT2D eigenvalue weighted by Crippen LogP contribution is -2.16. The molecule has 0 bridgehead atoms. The molecule has 3 aliphatic rings. The monoisotopic (exact) mass is 260 g/mol. The maximum atomic E-state index is 2.51. The lowest BCUT2D eigenvalue weighted by atomic mass is 9.78. The molecule has 0 N–H and O–H groups in total. The van der Waals surface area contributed by atoms with E-state index in [1.54, 1.807) is 44.5 Å². The smallest absolute Gasteiger partial charge is 0.0235 e. The maximum absolute atomic E-state index is 2.51. The number of hydrogen-bond acceptors (Lipinski definition) is 0. The average molecular weight is 260 g/mol. The Balaban J connectivity index is 1.55. The van der Waals surface area contributed by atoms with Gasteiger partial charge in [0.1, 0.15) is 0 Å². The van der Waals surface area contributed by atoms with Crippen molar-refractivity contribution < 1.29 is 0 Å². The van der Waals surface area contributed by atoms with E-state index in [0.29, 0.717) is 0 Å². The van der Waals surface area contributed by atoms with Crippen LogP contribution in [0.4, 0.5) is 0 Å². The van der Waals surface area contributed by atoms with Gasteiger partial charge in [-0.15, -0.1) is 0 Å². The summed E-state index contributed by atoms with van der Waals surface area (Å²) >= 11 is 0. The molecule has 0 radical (unpaired) electrons. The number of benzene rings is 2. The Bertz CT molecular complexity index is 596. The van der Waals surface area contributed by atoms with Crippen molar-refractivity contribution in [3.05, 3.63) is 68.8 Å². The summed E-state index contributed by atoms with van der Waals surface area (Å²) < 4.78 is 0. The van der Waals surface area contributed by atoms with Gasteiger partial charge in [-0.25, -0.2) is 0 Å². The molecule has 0 spiro atoms. The van der Waals surface area contributed by atoms with Gasteiger partial charge < -0.3 is 0 Å². The zero-order valence-corrected chi connectivity index (χ0v) is 12.0. The van der Waals surface area contributed by atoms with Crippen molar-refractivity contribution in [2.75, 3.05) is 0 Å². The summed E-state index contributed by atoms with van der Waals surface area (Å²) in [5.74, 6) is 0. The van der Waals surface area contributed by atoms with Crippen molar-refractivity contribution in [3.63, 3.8) is 0 Å². The van der Waals surface area contributed by atoms with E-state index in [9.17, 15) is 0 Å². The van der Waals surface area contributed by atoms with Gasteiger partial charge in [0.05, 0.1) is 0 Å². The van der Waals surface area contributed by atoms with E-state index in [1.807, 2.05) is 0 Å². The first-order valence-electron chi connectivity index (χ1n) is 8.14. The predicted molar refractivity (Wildman–Crippen MR) is 82.5 cm³/mol. The zero-order valence-electron chi connectivity index (χ0n) is 12.0. The molecule has 0 atom stereocenters. The Morgan fingerprint density at radius 1 is 0.300 bits per heavy atom. The average Bonchev–Trinajstić information content (AvgIpc) is 2.39. The second-order valence-electron chi connectivity index (χ2n) is 6.78. The summed E-state index contributed by atoms with van der Waals surface area (Å²) in [6, 6.07) is 10.1. The van der Waals surface area contributed by atoms with Crippen LogP contribution in [0.3, 0.4) is 0 Å². The van der Waals surface area contributed by atoms with E-state index in [4.69, 9.17) is 0 Å². The minimum Gasteiger partial charge on any atom is -0.0552 e. The van der Waals surface area contributed by atoms with E-state index in [0.717, 1.165) is 0 Å². The molecule has 0 saturated heterocycles. The number of aryl methyl sites for hydroxylation is 8. The highest BCUT2D eigenvalue weighted by atomic mass is 14.3. The van der Waals surface area contributed by atoms with Gasteiger partial charge >= 0.3 is 0 Å². The summed E-state index contributed by atoms with van der Waals surface area (Å²) in [6.45, 7) is 0. The molecular weight excluding hydrogens is 240 g/mol. The second kappa shape index (κ2) is 3.97. The van der Waals surface area contributed by atoms with Crippen molar-refractivity contribution in [1.29, 1.82) is 0 Å². The third-order valence-electron chi connectivity index (χ3n) is 5.70. The van der Waals surface area contributed by atoms with Crippen LogP contribution in [0.25, 0.3) is 0 Å². The molecule has 0 nitrogen and oxygen atoms in total. The molecule has 0 saturated carbocycles. The fourth-order valence-electron chi connectivity index (χ4n) is 4.17. The van der Waals surface area contributed by atoms with E-state index < -0.39 is 0 Å². The van der Waals surface area contributed by atoms with E-state index in [1.165, 1.54) is 51.4 Å². The molecule has 0 heteroatoms. The molecule has 3 aliphatic carbocycles. The lowest BCUT2D eigenvalue weighted by Gasteiger charge is -2.27. The highest BCUT2D eigenvalue weighted by molar-refractivity contribution is 5.48. The molecule has 2 aromatic rings. The normalized spacial score (nSPS) is 18.4. The van der Waals surface area contributed by atoms with Gasteiger partial charge in [0.25, 0.3) is 0 Å². The van der Waals surface area contributed by atoms with Crippen LogP contribution in [0.5, 0.6) is 0 Å². The van der Waals surface area contributed by atoms with Gasteiger partial charge in [-0.2, -0.15) is 0 Å². The third-order valence-corrected chi connectivity index (χ3v) is 5.70. The fourth-order valence-corrected chi connectivity index (χ4v) is 4.17. The molecule has 0 heterocycles. The Labute approximate surface area is 120 Å². The van der Waals surface area contributed by atoms with Crippen LogP contribution in [-0.4, -0.2) is 0 Å². The predicted octanol–water partition coefficient (Wildman–Crippen LogP) is 3.77. The van der Waals surface area contributed by atoms with Crippen molar-refractivity contribution >= 4 is 0 Å². The molecule has 0 amide bonds. The fraction of sp³-hybridized carbons (Fsp3) is 0.400. The zero-order chi connectivity index (χ0) is 13.1. The minimum atomic E-state index is 1.24. The van der Waals surface area contributed by atoms with Crippen molar-refractivity contribution in [2.45, 2.75) is 51.4 Å². The molecule has 0 fully saturated rings. The molecule has 0 unspecified atom stereocenters. The molecule has 0 aromatic heterocycles. The quantitative estimate of drug-likeness (QED) is 0.676. The first-order chi connectivity index (χ1) is 9.87. The van der Waals surface area contributed by atoms with Crippen LogP contribution >= 0.6 is 0 Å². The first-order valence-corrected chi connectivity index (χ1v) is 8.14. The molecular formula is C20H20. The molecule has 0 aliphatic heterocycles. The van der Waals surface area contributed by atoms with Gasteiger partial charge in [0.2, 0.25) is 0 Å². The van der Waals surface area contributed by atoms with Crippen molar-refractivity contribution in [2.24, 2.45) is 0 Å². The first kappa shape index (κ1) is 11.1. The summed E-state index contributed by atoms with van der Waals surface area (Å²) in [5.41, 5.74) is 13.0. The molecule has 20 heavy (non-hydrogen) atoms. The standard InChI is InChI=1S/C20H20/c1-2-14-10-18-7-8-20-12-16-4-3-15(16)11-19(20)6-5-17(18)9-13(1)14/h9-12H,1-8H2. The lowest BCUT2D eigenvalue weighted by molar-refractivity contribution is 0.775. The van der Waals surface area contributed by atoms with E-state index in [2.05, 4.69) is 24.3 Å². The van der Waals surface area contributed by atoms with Crippen molar-refractivity contribution in [3.8, 4) is 0 Å². The molecule has 100 valence electrons. The topological polar surface area (TPSA) is 0 Å². The summed E-state index contributed by atoms with van der Waals surface area (Å²) in [5, 5.41) is 0. The molecule has 5 rings (SSSR count). The van der Waals surface area contributed by atoms with Crippen LogP contribution < -0.4 is 0 Å². The highest BCUT2D eigenvalue weighted by Gasteiger charge is 2.21. The van der Waals surface area contributed by atoms with Crippen LogP contribution in [0, 0.1) is 0 Å². The number of hydrogen-bond donors (Lipinski definition) is 0. The number of rotatable bonds is 0. The Kier molecular flexibility index (Phi) is 2.21. The van der Waals surface area contributed by atoms with Crippen LogP contribution in [0.1, 0.15) is 44.5 Å². The SMILES string of the molecule is c1c2c(cc3c1CCc1cc4c(cc1CC3)CC4)CC2. The van der Waals surface area contributed by atoms with Crippen LogP contribution in [0.2, 0.25) is 0 Å². The Morgan fingerprint density at radius 2 is 0.450 bits per heavy atom. The van der Waals surface area contributed by atoms with E-state index in [-0.39, 0.29) is 0 Å². The van der Waals surface area contributed by atoms with Gasteiger partial charge in [0.15, 0.2) is 0 Å². The minimum absolute atomic E-state index is 1.24. The van der Waals surface area contributed by atoms with Gasteiger partial charge in [-0.3, -0.25) is 0 Å². The Hall–Kier alpha value is -1.56. The van der Waals surface area contributed by atoms with Crippen LogP contribution in [0.15, 0.2) is 24.3 Å². The highest BCUT2D eigenvalue weighted by Crippen LogP contribution is 2.32. The van der Waals surface area contributed by atoms with Crippen molar-refractivity contribution in [1.82, 2.24) is 0 Å². The summed E-state index contributed by atoms with van der Waals surface area (Å²) in [6.07, 6.45) is 10.2. The van der Waals surface area contributed by atoms with Crippen LogP contribution in [-0.2, 0) is 51.4 Å².